The molecule has 0 aliphatic rings. The van der Waals surface area contributed by atoms with Crippen molar-refractivity contribution in [2.24, 2.45) is 4.99 Å². The van der Waals surface area contributed by atoms with Gasteiger partial charge in [-0.05, 0) is 62.2 Å². The first-order chi connectivity index (χ1) is 14.6. The topological polar surface area (TPSA) is 46.1 Å². The lowest BCUT2D eigenvalue weighted by Crippen LogP contribution is -2.18. The van der Waals surface area contributed by atoms with E-state index >= 15 is 0 Å². The zero-order chi connectivity index (χ0) is 23.0. The van der Waals surface area contributed by atoms with Crippen molar-refractivity contribution in [3.05, 3.63) is 65.2 Å². The van der Waals surface area contributed by atoms with Gasteiger partial charge < -0.3 is 9.64 Å². The van der Waals surface area contributed by atoms with Crippen molar-refractivity contribution in [2.75, 3.05) is 26.8 Å². The molecule has 31 heavy (non-hydrogen) atoms. The molecule has 8 heteroatoms. The van der Waals surface area contributed by atoms with Crippen molar-refractivity contribution in [1.29, 1.82) is 0 Å². The molecular formula is C23H28F3N3O2. The van der Waals surface area contributed by atoms with Crippen molar-refractivity contribution < 1.29 is 22.7 Å². The van der Waals surface area contributed by atoms with Crippen LogP contribution in [0, 0.1) is 13.8 Å². The third kappa shape index (κ3) is 7.32. The van der Waals surface area contributed by atoms with E-state index in [9.17, 15) is 13.2 Å². The Hall–Kier alpha value is -3.00. The first-order valence-electron chi connectivity index (χ1n) is 9.84. The van der Waals surface area contributed by atoms with Crippen LogP contribution < -0.4 is 10.2 Å². The van der Waals surface area contributed by atoms with Crippen molar-refractivity contribution in [3.63, 3.8) is 0 Å². The predicted octanol–water partition coefficient (Wildman–Crippen LogP) is 5.50. The highest BCUT2D eigenvalue weighted by Gasteiger charge is 2.30. The Kier molecular flexibility index (Phi) is 8.50. The molecule has 168 valence electrons. The van der Waals surface area contributed by atoms with Crippen molar-refractivity contribution >= 4 is 17.7 Å². The van der Waals surface area contributed by atoms with Gasteiger partial charge in [-0.25, -0.2) is 4.99 Å². The zero-order valence-electron chi connectivity index (χ0n) is 18.2. The minimum absolute atomic E-state index is 0.0815. The fourth-order valence-corrected chi connectivity index (χ4v) is 2.66. The van der Waals surface area contributed by atoms with Gasteiger partial charge in [0.25, 0.3) is 0 Å². The number of rotatable bonds is 10. The van der Waals surface area contributed by atoms with E-state index in [4.69, 9.17) is 9.57 Å². The van der Waals surface area contributed by atoms with Crippen molar-refractivity contribution in [3.8, 4) is 5.75 Å². The van der Waals surface area contributed by atoms with Gasteiger partial charge in [-0.2, -0.15) is 13.2 Å². The van der Waals surface area contributed by atoms with Crippen molar-refractivity contribution in [2.45, 2.75) is 26.9 Å². The molecule has 0 bridgehead atoms. The van der Waals surface area contributed by atoms with Crippen LogP contribution in [0.15, 0.2) is 48.0 Å². The van der Waals surface area contributed by atoms with Gasteiger partial charge in [-0.3, -0.25) is 10.3 Å². The fourth-order valence-electron chi connectivity index (χ4n) is 2.66. The smallest absolute Gasteiger partial charge is 0.416 e. The molecule has 0 atom stereocenters. The molecule has 0 aliphatic heterocycles. The van der Waals surface area contributed by atoms with Crippen LogP contribution in [0.25, 0.3) is 5.70 Å². The lowest BCUT2D eigenvalue weighted by molar-refractivity contribution is -0.137. The predicted molar refractivity (Wildman–Crippen MR) is 117 cm³/mol. The minimum atomic E-state index is -4.40. The normalized spacial score (nSPS) is 11.6. The number of halogens is 3. The molecule has 2 aromatic rings. The third-order valence-corrected chi connectivity index (χ3v) is 4.57. The van der Waals surface area contributed by atoms with Gasteiger partial charge in [0.1, 0.15) is 19.0 Å². The molecule has 0 radical (unpaired) electrons. The Morgan fingerprint density at radius 1 is 1.16 bits per heavy atom. The largest absolute Gasteiger partial charge is 0.491 e. The number of aryl methyl sites for hydroxylation is 2. The van der Waals surface area contributed by atoms with E-state index in [0.29, 0.717) is 5.70 Å². The first kappa shape index (κ1) is 24.3. The molecule has 0 fully saturated rings. The Labute approximate surface area is 181 Å². The molecule has 0 heterocycles. The van der Waals surface area contributed by atoms with Gasteiger partial charge >= 0.3 is 6.18 Å². The summed E-state index contributed by atoms with van der Waals surface area (Å²) >= 11 is 0. The van der Waals surface area contributed by atoms with Gasteiger partial charge in [0.05, 0.1) is 23.3 Å². The molecule has 2 aromatic carbocycles. The number of aliphatic imine (C=N–C) groups is 1. The van der Waals surface area contributed by atoms with Crippen LogP contribution in [0.1, 0.15) is 29.2 Å². The molecule has 0 unspecified atom stereocenters. The van der Waals surface area contributed by atoms with E-state index in [-0.39, 0.29) is 19.0 Å². The Bertz CT molecular complexity index is 927. The van der Waals surface area contributed by atoms with E-state index in [0.717, 1.165) is 41.1 Å². The molecule has 2 rings (SSSR count). The molecular weight excluding hydrogens is 407 g/mol. The molecule has 0 saturated heterocycles. The molecule has 5 nitrogen and oxygen atoms in total. The fraction of sp³-hybridized carbons (Fsp3) is 0.348. The number of alkyl halides is 3. The van der Waals surface area contributed by atoms with Gasteiger partial charge in [0.15, 0.2) is 0 Å². The quantitative estimate of drug-likeness (QED) is 0.232. The maximum Gasteiger partial charge on any atom is 0.416 e. The van der Waals surface area contributed by atoms with E-state index < -0.39 is 11.7 Å². The van der Waals surface area contributed by atoms with Crippen LogP contribution in [0.3, 0.4) is 0 Å². The average molecular weight is 435 g/mol. The number of nitrogens with one attached hydrogen (secondary N) is 1. The number of hydroxylamine groups is 1. The van der Waals surface area contributed by atoms with Crippen LogP contribution in [0.2, 0.25) is 0 Å². The summed E-state index contributed by atoms with van der Waals surface area (Å²) in [5, 5.41) is 0. The lowest BCUT2D eigenvalue weighted by atomic mass is 10.0. The molecule has 0 saturated carbocycles. The molecule has 0 spiro atoms. The summed E-state index contributed by atoms with van der Waals surface area (Å²) in [4.78, 5) is 11.8. The summed E-state index contributed by atoms with van der Waals surface area (Å²) in [6, 6.07) is 8.69. The highest BCUT2D eigenvalue weighted by Crippen LogP contribution is 2.31. The second-order valence-corrected chi connectivity index (χ2v) is 7.07. The number of benzene rings is 2. The first-order valence-corrected chi connectivity index (χ1v) is 9.84. The maximum absolute atomic E-state index is 12.7. The summed E-state index contributed by atoms with van der Waals surface area (Å²) in [6.45, 7) is 11.0. The van der Waals surface area contributed by atoms with Crippen molar-refractivity contribution in [1.82, 2.24) is 10.4 Å². The number of hydrogen-bond donors (Lipinski definition) is 1. The Morgan fingerprint density at radius 2 is 1.90 bits per heavy atom. The van der Waals surface area contributed by atoms with Crippen LogP contribution in [0.4, 0.5) is 18.9 Å². The van der Waals surface area contributed by atoms with E-state index in [1.807, 2.05) is 44.9 Å². The van der Waals surface area contributed by atoms with Gasteiger partial charge in [0.2, 0.25) is 0 Å². The monoisotopic (exact) mass is 435 g/mol. The van der Waals surface area contributed by atoms with Crippen LogP contribution >= 0.6 is 0 Å². The van der Waals surface area contributed by atoms with Crippen LogP contribution in [0.5, 0.6) is 5.75 Å². The summed E-state index contributed by atoms with van der Waals surface area (Å²) in [6.07, 6.45) is -2.61. The number of ether oxygens (including phenoxy) is 1. The summed E-state index contributed by atoms with van der Waals surface area (Å²) < 4.78 is 43.5. The van der Waals surface area contributed by atoms with Gasteiger partial charge in [-0.15, -0.1) is 0 Å². The Balaban J connectivity index is 1.86. The summed E-state index contributed by atoms with van der Waals surface area (Å²) in [7, 11) is 1.96. The van der Waals surface area contributed by atoms with E-state index in [2.05, 4.69) is 17.1 Å². The highest BCUT2D eigenvalue weighted by atomic mass is 19.4. The summed E-state index contributed by atoms with van der Waals surface area (Å²) in [5.41, 5.74) is 6.33. The second-order valence-electron chi connectivity index (χ2n) is 7.07. The summed E-state index contributed by atoms with van der Waals surface area (Å²) in [5.74, 6) is 0.133. The van der Waals surface area contributed by atoms with Crippen LogP contribution in [-0.2, 0) is 11.0 Å². The average Bonchev–Trinajstić information content (AvgIpc) is 2.73. The molecule has 1 N–H and O–H groups in total. The van der Waals surface area contributed by atoms with Gasteiger partial charge in [0, 0.05) is 19.2 Å². The number of nitrogens with zero attached hydrogens (tertiary/aromatic N) is 2. The number of hydrogen-bond acceptors (Lipinski definition) is 4. The SMILES string of the molecule is C=C(NOCCOc1cccc(C(F)(F)F)c1)c1cc(C)c(N=CN(C)CC)cc1C. The maximum atomic E-state index is 12.7. The Morgan fingerprint density at radius 3 is 2.58 bits per heavy atom. The van der Waals surface area contributed by atoms with E-state index in [1.165, 1.54) is 12.1 Å². The van der Waals surface area contributed by atoms with E-state index in [1.54, 1.807) is 6.34 Å². The molecule has 0 aromatic heterocycles. The molecule has 0 aliphatic carbocycles. The van der Waals surface area contributed by atoms with Gasteiger partial charge in [-0.1, -0.05) is 12.6 Å². The van der Waals surface area contributed by atoms with Crippen LogP contribution in [-0.4, -0.2) is 38.0 Å². The molecule has 0 amide bonds. The third-order valence-electron chi connectivity index (χ3n) is 4.57. The lowest BCUT2D eigenvalue weighted by Gasteiger charge is -2.15. The second kappa shape index (κ2) is 10.9. The highest BCUT2D eigenvalue weighted by molar-refractivity contribution is 5.70. The standard InChI is InChI=1S/C23H28F3N3O2/c1-6-29(5)15-27-22-13-16(2)21(12-17(22)3)18(4)28-31-11-10-30-20-9-7-8-19(14-20)23(24,25)26/h7-9,12-15,28H,4,6,10-11H2,1-3,5H3. The zero-order valence-corrected chi connectivity index (χ0v) is 18.2. The minimum Gasteiger partial charge on any atom is -0.491 e.